The van der Waals surface area contributed by atoms with Gasteiger partial charge in [0.05, 0.1) is 25.1 Å². The summed E-state index contributed by atoms with van der Waals surface area (Å²) in [7, 11) is -2.17. The molecule has 0 aromatic heterocycles. The second kappa shape index (κ2) is 8.90. The zero-order valence-corrected chi connectivity index (χ0v) is 16.9. The lowest BCUT2D eigenvalue weighted by Gasteiger charge is -2.31. The van der Waals surface area contributed by atoms with Crippen molar-refractivity contribution >= 4 is 21.6 Å². The number of anilines is 1. The van der Waals surface area contributed by atoms with Gasteiger partial charge in [0, 0.05) is 6.07 Å². The minimum atomic E-state index is -3.68. The van der Waals surface area contributed by atoms with Gasteiger partial charge in [-0.3, -0.25) is 9.10 Å². The van der Waals surface area contributed by atoms with E-state index in [-0.39, 0.29) is 11.9 Å². The van der Waals surface area contributed by atoms with Crippen LogP contribution in [0.4, 0.5) is 5.69 Å². The Hall–Kier alpha value is -2.54. The second-order valence-electron chi connectivity index (χ2n) is 6.33. The highest BCUT2D eigenvalue weighted by Gasteiger charge is 2.32. The molecule has 27 heavy (non-hydrogen) atoms. The number of carbonyl (C=O) groups is 1. The van der Waals surface area contributed by atoms with Gasteiger partial charge in [0.1, 0.15) is 11.8 Å². The topological polar surface area (TPSA) is 75.7 Å². The number of carbonyl (C=O) groups excluding carboxylic acids is 1. The van der Waals surface area contributed by atoms with Crippen LogP contribution in [0.15, 0.2) is 54.6 Å². The molecule has 0 saturated heterocycles. The molecule has 6 nitrogen and oxygen atoms in total. The molecular weight excluding hydrogens is 364 g/mol. The summed E-state index contributed by atoms with van der Waals surface area (Å²) in [5.41, 5.74) is 1.35. The van der Waals surface area contributed by atoms with E-state index in [0.717, 1.165) is 16.1 Å². The number of rotatable bonds is 8. The van der Waals surface area contributed by atoms with E-state index in [4.69, 9.17) is 4.74 Å². The normalized spacial score (nSPS) is 13.5. The first-order valence-electron chi connectivity index (χ1n) is 8.76. The van der Waals surface area contributed by atoms with E-state index in [0.29, 0.717) is 17.9 Å². The predicted octanol–water partition coefficient (Wildman–Crippen LogP) is 3.12. The molecule has 146 valence electrons. The highest BCUT2D eigenvalue weighted by molar-refractivity contribution is 7.92. The number of benzene rings is 2. The molecule has 7 heteroatoms. The van der Waals surface area contributed by atoms with Gasteiger partial charge < -0.3 is 10.1 Å². The largest absolute Gasteiger partial charge is 0.497 e. The molecule has 0 aliphatic heterocycles. The first kappa shape index (κ1) is 20.8. The van der Waals surface area contributed by atoms with Gasteiger partial charge in [0.25, 0.3) is 0 Å². The first-order valence-corrected chi connectivity index (χ1v) is 10.6. The van der Waals surface area contributed by atoms with E-state index in [9.17, 15) is 13.2 Å². The van der Waals surface area contributed by atoms with Gasteiger partial charge in [-0.25, -0.2) is 8.42 Å². The lowest BCUT2D eigenvalue weighted by Crippen LogP contribution is -2.49. The van der Waals surface area contributed by atoms with Crippen molar-refractivity contribution in [1.29, 1.82) is 0 Å². The Bertz CT molecular complexity index is 869. The van der Waals surface area contributed by atoms with Crippen molar-refractivity contribution < 1.29 is 17.9 Å². The maximum atomic E-state index is 12.9. The molecule has 0 unspecified atom stereocenters. The van der Waals surface area contributed by atoms with Gasteiger partial charge in [0.2, 0.25) is 15.9 Å². The summed E-state index contributed by atoms with van der Waals surface area (Å²) < 4.78 is 31.3. The lowest BCUT2D eigenvalue weighted by molar-refractivity contribution is -0.122. The fraction of sp³-hybridized carbons (Fsp3) is 0.350. The average Bonchev–Trinajstić information content (AvgIpc) is 2.65. The molecule has 2 aromatic carbocycles. The first-order chi connectivity index (χ1) is 12.8. The summed E-state index contributed by atoms with van der Waals surface area (Å²) in [4.78, 5) is 12.9. The molecule has 0 saturated carbocycles. The van der Waals surface area contributed by atoms with Crippen LogP contribution in [0.2, 0.25) is 0 Å². The molecule has 1 N–H and O–H groups in total. The lowest BCUT2D eigenvalue weighted by atomic mass is 10.1. The van der Waals surface area contributed by atoms with E-state index in [1.807, 2.05) is 37.3 Å². The third-order valence-electron chi connectivity index (χ3n) is 4.30. The Morgan fingerprint density at radius 2 is 1.81 bits per heavy atom. The van der Waals surface area contributed by atoms with Gasteiger partial charge in [0.15, 0.2) is 0 Å². The van der Waals surface area contributed by atoms with Crippen molar-refractivity contribution in [1.82, 2.24) is 5.32 Å². The molecule has 0 fully saturated rings. The number of sulfonamides is 1. The van der Waals surface area contributed by atoms with Crippen molar-refractivity contribution in [3.63, 3.8) is 0 Å². The van der Waals surface area contributed by atoms with Gasteiger partial charge in [-0.05, 0) is 31.0 Å². The standard InChI is InChI=1S/C20H26N2O4S/c1-5-19(20(23)21-15(2)16-10-7-6-8-11-16)22(27(4,24)25)17-12-9-13-18(14-17)26-3/h6-15,19H,5H2,1-4H3,(H,21,23)/t15-,19+/m0/s1. The van der Waals surface area contributed by atoms with Crippen molar-refractivity contribution in [2.45, 2.75) is 32.4 Å². The van der Waals surface area contributed by atoms with E-state index in [2.05, 4.69) is 5.32 Å². The molecule has 0 spiro atoms. The molecule has 0 aliphatic carbocycles. The Morgan fingerprint density at radius 1 is 1.15 bits per heavy atom. The smallest absolute Gasteiger partial charge is 0.244 e. The van der Waals surface area contributed by atoms with E-state index >= 15 is 0 Å². The van der Waals surface area contributed by atoms with Crippen LogP contribution in [0.25, 0.3) is 0 Å². The van der Waals surface area contributed by atoms with Crippen LogP contribution in [-0.4, -0.2) is 33.7 Å². The maximum absolute atomic E-state index is 12.9. The van der Waals surface area contributed by atoms with Crippen molar-refractivity contribution in [3.05, 3.63) is 60.2 Å². The quantitative estimate of drug-likeness (QED) is 0.751. The maximum Gasteiger partial charge on any atom is 0.244 e. The van der Waals surface area contributed by atoms with Crippen molar-refractivity contribution in [3.8, 4) is 5.75 Å². The number of hydrogen-bond donors (Lipinski definition) is 1. The number of amides is 1. The molecule has 1 amide bonds. The third kappa shape index (κ3) is 5.23. The SMILES string of the molecule is CC[C@H](C(=O)N[C@@H](C)c1ccccc1)N(c1cccc(OC)c1)S(C)(=O)=O. The van der Waals surface area contributed by atoms with Crippen molar-refractivity contribution in [2.24, 2.45) is 0 Å². The Balaban J connectivity index is 2.33. The highest BCUT2D eigenvalue weighted by atomic mass is 32.2. The van der Waals surface area contributed by atoms with E-state index in [1.54, 1.807) is 31.2 Å². The Kier molecular flexibility index (Phi) is 6.85. The Morgan fingerprint density at radius 3 is 2.37 bits per heavy atom. The molecular formula is C20H26N2O4S. The summed E-state index contributed by atoms with van der Waals surface area (Å²) in [6.45, 7) is 3.66. The minimum Gasteiger partial charge on any atom is -0.497 e. The third-order valence-corrected chi connectivity index (χ3v) is 5.48. The molecule has 2 atom stereocenters. The van der Waals surface area contributed by atoms with Crippen LogP contribution in [0.1, 0.15) is 31.9 Å². The van der Waals surface area contributed by atoms with Crippen LogP contribution in [0.3, 0.4) is 0 Å². The molecule has 2 aromatic rings. The van der Waals surface area contributed by atoms with E-state index < -0.39 is 16.1 Å². The van der Waals surface area contributed by atoms with Crippen LogP contribution >= 0.6 is 0 Å². The second-order valence-corrected chi connectivity index (χ2v) is 8.18. The zero-order valence-electron chi connectivity index (χ0n) is 16.0. The number of methoxy groups -OCH3 is 1. The molecule has 0 bridgehead atoms. The number of nitrogens with zero attached hydrogens (tertiary/aromatic N) is 1. The zero-order chi connectivity index (χ0) is 20.0. The molecule has 2 rings (SSSR count). The van der Waals surface area contributed by atoms with Crippen LogP contribution in [-0.2, 0) is 14.8 Å². The van der Waals surface area contributed by atoms with Gasteiger partial charge in [-0.2, -0.15) is 0 Å². The average molecular weight is 391 g/mol. The van der Waals surface area contributed by atoms with Crippen LogP contribution < -0.4 is 14.4 Å². The fourth-order valence-corrected chi connectivity index (χ4v) is 4.15. The number of ether oxygens (including phenoxy) is 1. The molecule has 0 radical (unpaired) electrons. The highest BCUT2D eigenvalue weighted by Crippen LogP contribution is 2.26. The van der Waals surface area contributed by atoms with Crippen LogP contribution in [0.5, 0.6) is 5.75 Å². The van der Waals surface area contributed by atoms with Crippen LogP contribution in [0, 0.1) is 0 Å². The Labute approximate surface area is 161 Å². The number of nitrogens with one attached hydrogen (secondary N) is 1. The predicted molar refractivity (Wildman–Crippen MR) is 107 cm³/mol. The van der Waals surface area contributed by atoms with Gasteiger partial charge >= 0.3 is 0 Å². The monoisotopic (exact) mass is 390 g/mol. The minimum absolute atomic E-state index is 0.237. The van der Waals surface area contributed by atoms with E-state index in [1.165, 1.54) is 7.11 Å². The summed E-state index contributed by atoms with van der Waals surface area (Å²) >= 11 is 0. The summed E-state index contributed by atoms with van der Waals surface area (Å²) in [5, 5.41) is 2.92. The fourth-order valence-electron chi connectivity index (χ4n) is 2.94. The van der Waals surface area contributed by atoms with Gasteiger partial charge in [-0.1, -0.05) is 43.3 Å². The number of hydrogen-bond acceptors (Lipinski definition) is 4. The van der Waals surface area contributed by atoms with Crippen molar-refractivity contribution in [2.75, 3.05) is 17.7 Å². The summed E-state index contributed by atoms with van der Waals surface area (Å²) in [6.07, 6.45) is 1.43. The summed E-state index contributed by atoms with van der Waals surface area (Å²) in [6, 6.07) is 15.1. The summed E-state index contributed by atoms with van der Waals surface area (Å²) in [5.74, 6) is 0.177. The van der Waals surface area contributed by atoms with Gasteiger partial charge in [-0.15, -0.1) is 0 Å². The molecule has 0 heterocycles. The molecule has 0 aliphatic rings.